The summed E-state index contributed by atoms with van der Waals surface area (Å²) in [5, 5.41) is 17.8. The first-order valence-electron chi connectivity index (χ1n) is 5.63. The minimum absolute atomic E-state index is 0.565. The van der Waals surface area contributed by atoms with Crippen LogP contribution in [0.2, 0.25) is 0 Å². The van der Waals surface area contributed by atoms with Gasteiger partial charge in [-0.2, -0.15) is 11.3 Å². The second-order valence-corrected chi connectivity index (χ2v) is 5.56. The van der Waals surface area contributed by atoms with Gasteiger partial charge in [0.2, 0.25) is 0 Å². The Bertz CT molecular complexity index is 291. The number of thiophene rings is 1. The predicted molar refractivity (Wildman–Crippen MR) is 64.3 cm³/mol. The van der Waals surface area contributed by atoms with E-state index in [2.05, 4.69) is 22.1 Å². The lowest BCUT2D eigenvalue weighted by atomic mass is 9.98. The van der Waals surface area contributed by atoms with Gasteiger partial charge in [0.15, 0.2) is 0 Å². The molecule has 2 nitrogen and oxygen atoms in total. The molecule has 15 heavy (non-hydrogen) atoms. The van der Waals surface area contributed by atoms with E-state index in [1.54, 1.807) is 11.3 Å². The Labute approximate surface area is 95.3 Å². The maximum Gasteiger partial charge on any atom is 0.0746 e. The fourth-order valence-corrected chi connectivity index (χ4v) is 2.29. The third-order valence-electron chi connectivity index (χ3n) is 2.88. The molecular formula is C12H19NOS. The van der Waals surface area contributed by atoms with Gasteiger partial charge in [0, 0.05) is 12.6 Å². The van der Waals surface area contributed by atoms with Gasteiger partial charge in [-0.05, 0) is 55.0 Å². The van der Waals surface area contributed by atoms with Crippen molar-refractivity contribution in [3.63, 3.8) is 0 Å². The van der Waals surface area contributed by atoms with Gasteiger partial charge in [0.25, 0.3) is 0 Å². The van der Waals surface area contributed by atoms with Crippen molar-refractivity contribution in [3.8, 4) is 0 Å². The molecule has 1 aliphatic carbocycles. The molecule has 0 radical (unpaired) electrons. The fourth-order valence-electron chi connectivity index (χ4n) is 1.59. The Morgan fingerprint density at radius 1 is 1.60 bits per heavy atom. The van der Waals surface area contributed by atoms with Crippen molar-refractivity contribution in [2.24, 2.45) is 0 Å². The van der Waals surface area contributed by atoms with E-state index < -0.39 is 5.60 Å². The molecule has 0 spiro atoms. The predicted octanol–water partition coefficient (Wildman–Crippen LogP) is 2.18. The standard InChI is InChI=1S/C12H19NOS/c1-12(14,9-13-11-2-3-11)6-4-10-5-7-15-8-10/h5,7-8,11,13-14H,2-4,6,9H2,1H3. The summed E-state index contributed by atoms with van der Waals surface area (Å²) in [6.45, 7) is 2.65. The van der Waals surface area contributed by atoms with Crippen LogP contribution < -0.4 is 5.32 Å². The van der Waals surface area contributed by atoms with Crippen LogP contribution in [0.3, 0.4) is 0 Å². The van der Waals surface area contributed by atoms with Gasteiger partial charge in [0.1, 0.15) is 0 Å². The van der Waals surface area contributed by atoms with Crippen LogP contribution in [0.4, 0.5) is 0 Å². The van der Waals surface area contributed by atoms with Crippen molar-refractivity contribution in [2.45, 2.75) is 44.2 Å². The molecule has 1 atom stereocenters. The molecule has 2 N–H and O–H groups in total. The van der Waals surface area contributed by atoms with Crippen LogP contribution in [-0.4, -0.2) is 23.3 Å². The fraction of sp³-hybridized carbons (Fsp3) is 0.667. The molecule has 1 aromatic heterocycles. The van der Waals surface area contributed by atoms with Crippen LogP contribution in [0.1, 0.15) is 31.7 Å². The zero-order valence-corrected chi connectivity index (χ0v) is 10.0. The summed E-state index contributed by atoms with van der Waals surface area (Å²) in [7, 11) is 0. The molecule has 1 unspecified atom stereocenters. The average molecular weight is 225 g/mol. The third kappa shape index (κ3) is 3.93. The Kier molecular flexibility index (Phi) is 3.44. The van der Waals surface area contributed by atoms with Crippen LogP contribution in [0.25, 0.3) is 0 Å². The molecule has 1 saturated carbocycles. The highest BCUT2D eigenvalue weighted by molar-refractivity contribution is 7.07. The molecule has 1 heterocycles. The van der Waals surface area contributed by atoms with Crippen molar-refractivity contribution in [3.05, 3.63) is 22.4 Å². The van der Waals surface area contributed by atoms with E-state index in [4.69, 9.17) is 0 Å². The van der Waals surface area contributed by atoms with E-state index in [0.717, 1.165) is 19.4 Å². The van der Waals surface area contributed by atoms with Gasteiger partial charge in [-0.3, -0.25) is 0 Å². The molecular weight excluding hydrogens is 206 g/mol. The molecule has 3 heteroatoms. The van der Waals surface area contributed by atoms with Crippen molar-refractivity contribution >= 4 is 11.3 Å². The summed E-state index contributed by atoms with van der Waals surface area (Å²) >= 11 is 1.72. The van der Waals surface area contributed by atoms with Crippen LogP contribution in [0.15, 0.2) is 16.8 Å². The van der Waals surface area contributed by atoms with Gasteiger partial charge < -0.3 is 10.4 Å². The average Bonchev–Trinajstić information content (AvgIpc) is 2.88. The second kappa shape index (κ2) is 4.64. The summed E-state index contributed by atoms with van der Waals surface area (Å²) in [5.74, 6) is 0. The van der Waals surface area contributed by atoms with Gasteiger partial charge in [0.05, 0.1) is 5.60 Å². The van der Waals surface area contributed by atoms with E-state index in [9.17, 15) is 5.11 Å². The Balaban J connectivity index is 1.71. The highest BCUT2D eigenvalue weighted by atomic mass is 32.1. The maximum absolute atomic E-state index is 10.1. The quantitative estimate of drug-likeness (QED) is 0.778. The number of nitrogens with one attached hydrogen (secondary N) is 1. The van der Waals surface area contributed by atoms with Gasteiger partial charge in [-0.1, -0.05) is 0 Å². The molecule has 0 saturated heterocycles. The first kappa shape index (κ1) is 11.1. The van der Waals surface area contributed by atoms with Gasteiger partial charge in [-0.15, -0.1) is 0 Å². The lowest BCUT2D eigenvalue weighted by Crippen LogP contribution is -2.39. The van der Waals surface area contributed by atoms with Crippen LogP contribution in [0, 0.1) is 0 Å². The second-order valence-electron chi connectivity index (χ2n) is 4.78. The minimum Gasteiger partial charge on any atom is -0.389 e. The SMILES string of the molecule is CC(O)(CCc1ccsc1)CNC1CC1. The van der Waals surface area contributed by atoms with Gasteiger partial charge in [-0.25, -0.2) is 0 Å². The number of rotatable bonds is 6. The number of hydrogen-bond donors (Lipinski definition) is 2. The van der Waals surface area contributed by atoms with Crippen molar-refractivity contribution < 1.29 is 5.11 Å². The molecule has 0 bridgehead atoms. The molecule has 0 aliphatic heterocycles. The molecule has 84 valence electrons. The highest BCUT2D eigenvalue weighted by Gasteiger charge is 2.26. The monoisotopic (exact) mass is 225 g/mol. The van der Waals surface area contributed by atoms with E-state index in [1.807, 2.05) is 6.92 Å². The zero-order chi connectivity index (χ0) is 10.7. The van der Waals surface area contributed by atoms with E-state index in [-0.39, 0.29) is 0 Å². The van der Waals surface area contributed by atoms with Crippen molar-refractivity contribution in [2.75, 3.05) is 6.54 Å². The minimum atomic E-state index is -0.565. The third-order valence-corrected chi connectivity index (χ3v) is 3.61. The highest BCUT2D eigenvalue weighted by Crippen LogP contribution is 2.21. The summed E-state index contributed by atoms with van der Waals surface area (Å²) in [5.41, 5.74) is 0.775. The van der Waals surface area contributed by atoms with Crippen LogP contribution >= 0.6 is 11.3 Å². The van der Waals surface area contributed by atoms with Crippen LogP contribution in [0.5, 0.6) is 0 Å². The first-order valence-corrected chi connectivity index (χ1v) is 6.57. The lowest BCUT2D eigenvalue weighted by molar-refractivity contribution is 0.0508. The molecule has 1 fully saturated rings. The summed E-state index contributed by atoms with van der Waals surface area (Å²) < 4.78 is 0. The zero-order valence-electron chi connectivity index (χ0n) is 9.20. The summed E-state index contributed by atoms with van der Waals surface area (Å²) in [6, 6.07) is 2.81. The molecule has 1 aromatic rings. The van der Waals surface area contributed by atoms with Crippen molar-refractivity contribution in [1.82, 2.24) is 5.32 Å². The van der Waals surface area contributed by atoms with E-state index >= 15 is 0 Å². The summed E-state index contributed by atoms with van der Waals surface area (Å²) in [6.07, 6.45) is 4.37. The lowest BCUT2D eigenvalue weighted by Gasteiger charge is -2.23. The van der Waals surface area contributed by atoms with Gasteiger partial charge >= 0.3 is 0 Å². The Morgan fingerprint density at radius 3 is 3.00 bits per heavy atom. The van der Waals surface area contributed by atoms with E-state index in [1.165, 1.54) is 18.4 Å². The maximum atomic E-state index is 10.1. The first-order chi connectivity index (χ1) is 7.16. The Morgan fingerprint density at radius 2 is 2.40 bits per heavy atom. The normalized spacial score (nSPS) is 20.1. The topological polar surface area (TPSA) is 32.3 Å². The smallest absolute Gasteiger partial charge is 0.0746 e. The number of hydrogen-bond acceptors (Lipinski definition) is 3. The van der Waals surface area contributed by atoms with Crippen LogP contribution in [-0.2, 0) is 6.42 Å². The summed E-state index contributed by atoms with van der Waals surface area (Å²) in [4.78, 5) is 0. The molecule has 0 amide bonds. The molecule has 2 rings (SSSR count). The molecule has 1 aliphatic rings. The number of aryl methyl sites for hydroxylation is 1. The van der Waals surface area contributed by atoms with E-state index in [0.29, 0.717) is 6.04 Å². The Hall–Kier alpha value is -0.380. The molecule has 0 aromatic carbocycles. The largest absolute Gasteiger partial charge is 0.389 e. The van der Waals surface area contributed by atoms with Crippen molar-refractivity contribution in [1.29, 1.82) is 0 Å². The number of aliphatic hydroxyl groups is 1.